The highest BCUT2D eigenvalue weighted by molar-refractivity contribution is 5.60. The number of unbranched alkanes of at least 4 members (excludes halogenated alkanes) is 4. The van der Waals surface area contributed by atoms with Crippen molar-refractivity contribution in [3.05, 3.63) is 82.9 Å². The molecule has 1 aliphatic carbocycles. The predicted molar refractivity (Wildman–Crippen MR) is 137 cm³/mol. The van der Waals surface area contributed by atoms with Crippen LogP contribution >= 0.6 is 0 Å². The van der Waals surface area contributed by atoms with Crippen LogP contribution in [0.3, 0.4) is 0 Å². The first-order valence-corrected chi connectivity index (χ1v) is 12.1. The number of nitriles is 1. The molecule has 0 aromatic heterocycles. The molecule has 2 aromatic carbocycles. The molecular formula is C30H39NO. The fraction of sp³-hybridized carbons (Fsp3) is 0.433. The number of ether oxygens (including phenoxy) is 1. The fourth-order valence-electron chi connectivity index (χ4n) is 4.04. The minimum atomic E-state index is 0.0805. The summed E-state index contributed by atoms with van der Waals surface area (Å²) in [5.41, 5.74) is 5.27. The number of nitrogens with zero attached hydrogens (tertiary/aromatic N) is 1. The van der Waals surface area contributed by atoms with Crippen LogP contribution in [0.4, 0.5) is 0 Å². The molecule has 1 aliphatic rings. The van der Waals surface area contributed by atoms with Crippen molar-refractivity contribution in [3.8, 4) is 11.8 Å². The van der Waals surface area contributed by atoms with Gasteiger partial charge in [-0.3, -0.25) is 0 Å². The molecule has 0 spiro atoms. The topological polar surface area (TPSA) is 33.0 Å². The summed E-state index contributed by atoms with van der Waals surface area (Å²) in [6.45, 7) is 12.5. The predicted octanol–water partition coefficient (Wildman–Crippen LogP) is 8.77. The van der Waals surface area contributed by atoms with Gasteiger partial charge in [-0.25, -0.2) is 0 Å². The molecular weight excluding hydrogens is 390 g/mol. The van der Waals surface area contributed by atoms with Crippen molar-refractivity contribution in [3.63, 3.8) is 0 Å². The summed E-state index contributed by atoms with van der Waals surface area (Å²) in [4.78, 5) is 0. The summed E-state index contributed by atoms with van der Waals surface area (Å²) in [6, 6.07) is 16.7. The van der Waals surface area contributed by atoms with Crippen LogP contribution in [-0.4, -0.2) is 0 Å². The molecule has 2 atom stereocenters. The molecule has 3 rings (SSSR count). The molecule has 0 aliphatic heterocycles. The van der Waals surface area contributed by atoms with Gasteiger partial charge in [-0.2, -0.15) is 5.26 Å². The van der Waals surface area contributed by atoms with E-state index in [1.807, 2.05) is 30.3 Å². The Hall–Kier alpha value is -2.79. The van der Waals surface area contributed by atoms with E-state index in [1.165, 1.54) is 43.2 Å². The van der Waals surface area contributed by atoms with E-state index in [4.69, 9.17) is 10.00 Å². The average molecular weight is 430 g/mol. The zero-order valence-corrected chi connectivity index (χ0v) is 20.4. The highest BCUT2D eigenvalue weighted by Crippen LogP contribution is 2.38. The Balaban J connectivity index is 0.000000451. The van der Waals surface area contributed by atoms with Gasteiger partial charge >= 0.3 is 0 Å². The van der Waals surface area contributed by atoms with Crippen molar-refractivity contribution in [2.45, 2.75) is 78.7 Å². The van der Waals surface area contributed by atoms with Crippen molar-refractivity contribution in [2.75, 3.05) is 0 Å². The molecule has 2 aromatic rings. The van der Waals surface area contributed by atoms with Gasteiger partial charge in [0.1, 0.15) is 11.9 Å². The SMILES string of the molecule is C=C(C#N)/C=C\c1cccc(O[C@H]2c3ccccc3CCC2C)c1C.CCCCCCC. The van der Waals surface area contributed by atoms with Crippen LogP contribution in [-0.2, 0) is 6.42 Å². The second-order valence-electron chi connectivity index (χ2n) is 8.75. The Morgan fingerprint density at radius 1 is 1.09 bits per heavy atom. The molecule has 2 heteroatoms. The van der Waals surface area contributed by atoms with Gasteiger partial charge in [-0.05, 0) is 60.1 Å². The Morgan fingerprint density at radius 2 is 1.81 bits per heavy atom. The molecule has 1 unspecified atom stereocenters. The molecule has 0 radical (unpaired) electrons. The number of rotatable bonds is 8. The first-order chi connectivity index (χ1) is 15.5. The summed E-state index contributed by atoms with van der Waals surface area (Å²) >= 11 is 0. The smallest absolute Gasteiger partial charge is 0.127 e. The van der Waals surface area contributed by atoms with Gasteiger partial charge in [-0.1, -0.05) is 102 Å². The third-order valence-electron chi connectivity index (χ3n) is 6.14. The van der Waals surface area contributed by atoms with E-state index in [0.717, 1.165) is 29.7 Å². The van der Waals surface area contributed by atoms with E-state index in [9.17, 15) is 0 Å². The molecule has 0 saturated heterocycles. The Labute approximate surface area is 195 Å². The van der Waals surface area contributed by atoms with Crippen molar-refractivity contribution in [1.82, 2.24) is 0 Å². The minimum Gasteiger partial charge on any atom is -0.485 e. The second-order valence-corrected chi connectivity index (χ2v) is 8.75. The maximum atomic E-state index is 8.85. The van der Waals surface area contributed by atoms with Gasteiger partial charge in [0.2, 0.25) is 0 Å². The van der Waals surface area contributed by atoms with E-state index in [2.05, 4.69) is 58.5 Å². The maximum Gasteiger partial charge on any atom is 0.127 e. The molecule has 2 nitrogen and oxygen atoms in total. The first kappa shape index (κ1) is 25.5. The number of benzene rings is 2. The normalized spacial score (nSPS) is 17.1. The minimum absolute atomic E-state index is 0.0805. The van der Waals surface area contributed by atoms with Crippen molar-refractivity contribution in [1.29, 1.82) is 5.26 Å². The zero-order valence-electron chi connectivity index (χ0n) is 20.4. The highest BCUT2D eigenvalue weighted by atomic mass is 16.5. The van der Waals surface area contributed by atoms with Crippen molar-refractivity contribution < 1.29 is 4.74 Å². The molecule has 0 fully saturated rings. The second kappa shape index (κ2) is 13.6. The molecule has 0 heterocycles. The number of allylic oxidation sites excluding steroid dienone is 2. The lowest BCUT2D eigenvalue weighted by Crippen LogP contribution is -2.23. The van der Waals surface area contributed by atoms with Crippen LogP contribution in [0.15, 0.2) is 60.7 Å². The van der Waals surface area contributed by atoms with Crippen LogP contribution in [0, 0.1) is 24.2 Å². The van der Waals surface area contributed by atoms with Crippen LogP contribution in [0.1, 0.15) is 87.7 Å². The molecule has 0 N–H and O–H groups in total. The summed E-state index contributed by atoms with van der Waals surface area (Å²) in [7, 11) is 0. The molecule has 0 saturated carbocycles. The van der Waals surface area contributed by atoms with E-state index in [0.29, 0.717) is 11.5 Å². The summed E-state index contributed by atoms with van der Waals surface area (Å²) in [5.74, 6) is 1.38. The van der Waals surface area contributed by atoms with Crippen LogP contribution in [0.5, 0.6) is 5.75 Å². The van der Waals surface area contributed by atoms with E-state index in [1.54, 1.807) is 6.08 Å². The first-order valence-electron chi connectivity index (χ1n) is 12.1. The molecule has 0 amide bonds. The summed E-state index contributed by atoms with van der Waals surface area (Å²) < 4.78 is 6.48. The van der Waals surface area contributed by atoms with E-state index >= 15 is 0 Å². The number of hydrogen-bond acceptors (Lipinski definition) is 2. The average Bonchev–Trinajstić information content (AvgIpc) is 2.81. The van der Waals surface area contributed by atoms with Gasteiger partial charge in [0.05, 0.1) is 6.07 Å². The van der Waals surface area contributed by atoms with Gasteiger partial charge in [-0.15, -0.1) is 0 Å². The van der Waals surface area contributed by atoms with Crippen LogP contribution in [0.25, 0.3) is 6.08 Å². The third kappa shape index (κ3) is 7.41. The van der Waals surface area contributed by atoms with E-state index < -0.39 is 0 Å². The number of hydrogen-bond donors (Lipinski definition) is 0. The Kier molecular flexibility index (Phi) is 10.8. The van der Waals surface area contributed by atoms with Gasteiger partial charge in [0.15, 0.2) is 0 Å². The van der Waals surface area contributed by atoms with Crippen molar-refractivity contribution in [2.24, 2.45) is 5.92 Å². The summed E-state index contributed by atoms with van der Waals surface area (Å²) in [5, 5.41) is 8.85. The van der Waals surface area contributed by atoms with Crippen LogP contribution in [0.2, 0.25) is 0 Å². The lowest BCUT2D eigenvalue weighted by Gasteiger charge is -2.32. The fourth-order valence-corrected chi connectivity index (χ4v) is 4.04. The largest absolute Gasteiger partial charge is 0.485 e. The lowest BCUT2D eigenvalue weighted by atomic mass is 9.82. The van der Waals surface area contributed by atoms with E-state index in [-0.39, 0.29) is 6.10 Å². The third-order valence-corrected chi connectivity index (χ3v) is 6.14. The Morgan fingerprint density at radius 3 is 2.50 bits per heavy atom. The summed E-state index contributed by atoms with van der Waals surface area (Å²) in [6.07, 6.45) is 13.0. The number of fused-ring (bicyclic) bond motifs is 1. The Bertz CT molecular complexity index is 930. The van der Waals surface area contributed by atoms with Gasteiger partial charge in [0, 0.05) is 5.57 Å². The maximum absolute atomic E-state index is 8.85. The zero-order chi connectivity index (χ0) is 23.3. The lowest BCUT2D eigenvalue weighted by molar-refractivity contribution is 0.128. The standard InChI is InChI=1S/C23H23NO.C7H16/c1-16(15-24)11-13-19-8-6-10-22(18(19)3)25-23-17(2)12-14-20-7-4-5-9-21(20)23;1-3-5-7-6-4-2/h4-11,13,17,23H,1,12,14H2,2-3H3;3-7H2,1-2H3/b13-11-;/t17?,23-;/m1./s1. The molecule has 0 bridgehead atoms. The monoisotopic (exact) mass is 429 g/mol. The van der Waals surface area contributed by atoms with Crippen molar-refractivity contribution >= 4 is 6.08 Å². The quantitative estimate of drug-likeness (QED) is 0.239. The number of aryl methyl sites for hydroxylation is 1. The van der Waals surface area contributed by atoms with Crippen LogP contribution < -0.4 is 4.74 Å². The molecule has 32 heavy (non-hydrogen) atoms. The molecule has 170 valence electrons. The highest BCUT2D eigenvalue weighted by Gasteiger charge is 2.28. The van der Waals surface area contributed by atoms with Gasteiger partial charge < -0.3 is 4.74 Å². The van der Waals surface area contributed by atoms with Gasteiger partial charge in [0.25, 0.3) is 0 Å².